The molecule has 190 valence electrons. The van der Waals surface area contributed by atoms with Crippen molar-refractivity contribution >= 4 is 5.97 Å². The summed E-state index contributed by atoms with van der Waals surface area (Å²) >= 11 is 0. The molecular formula is C28H54O4. The summed E-state index contributed by atoms with van der Waals surface area (Å²) in [5, 5.41) is 10.5. The maximum Gasteiger partial charge on any atom is 0.305 e. The van der Waals surface area contributed by atoms with E-state index in [0.717, 1.165) is 32.1 Å². The Bertz CT molecular complexity index is 498. The van der Waals surface area contributed by atoms with Gasteiger partial charge in [-0.2, -0.15) is 0 Å². The fraction of sp³-hybridized carbons (Fsp3) is 0.893. The van der Waals surface area contributed by atoms with Crippen LogP contribution in [0.3, 0.4) is 0 Å². The number of rotatable bonds is 12. The third-order valence-corrected chi connectivity index (χ3v) is 7.50. The third kappa shape index (κ3) is 9.95. The smallest absolute Gasteiger partial charge is 0.305 e. The second kappa shape index (κ2) is 17.6. The Labute approximate surface area is 199 Å². The van der Waals surface area contributed by atoms with E-state index in [1.807, 2.05) is 34.8 Å². The molecule has 2 saturated carbocycles. The van der Waals surface area contributed by atoms with E-state index >= 15 is 0 Å². The van der Waals surface area contributed by atoms with Gasteiger partial charge in [0, 0.05) is 13.5 Å². The normalized spacial score (nSPS) is 26.9. The summed E-state index contributed by atoms with van der Waals surface area (Å²) in [4.78, 5) is 11.1. The molecule has 0 spiro atoms. The average molecular weight is 455 g/mol. The lowest BCUT2D eigenvalue weighted by Gasteiger charge is -2.44. The number of methoxy groups -OCH3 is 2. The molecule has 2 fully saturated rings. The summed E-state index contributed by atoms with van der Waals surface area (Å²) in [6, 6.07) is 0. The minimum atomic E-state index is -0.179. The van der Waals surface area contributed by atoms with Crippen LogP contribution in [-0.2, 0) is 14.3 Å². The number of esters is 1. The summed E-state index contributed by atoms with van der Waals surface area (Å²) in [5.74, 6) is 1.42. The summed E-state index contributed by atoms with van der Waals surface area (Å²) in [6.07, 6.45) is 16.1. The summed E-state index contributed by atoms with van der Waals surface area (Å²) in [6.45, 7) is 12.7. The number of aliphatic hydroxyl groups is 1. The van der Waals surface area contributed by atoms with E-state index in [-0.39, 0.29) is 12.1 Å². The van der Waals surface area contributed by atoms with Crippen molar-refractivity contribution in [2.75, 3.05) is 14.2 Å². The van der Waals surface area contributed by atoms with Crippen molar-refractivity contribution in [1.82, 2.24) is 0 Å². The largest absolute Gasteiger partial charge is 0.469 e. The molecule has 0 amide bonds. The molecule has 2 rings (SSSR count). The third-order valence-electron chi connectivity index (χ3n) is 7.50. The van der Waals surface area contributed by atoms with Gasteiger partial charge in [-0.3, -0.25) is 4.79 Å². The van der Waals surface area contributed by atoms with Gasteiger partial charge in [0.05, 0.1) is 19.3 Å². The molecule has 0 radical (unpaired) electrons. The van der Waals surface area contributed by atoms with Crippen LogP contribution in [0.15, 0.2) is 12.2 Å². The van der Waals surface area contributed by atoms with Crippen molar-refractivity contribution in [3.05, 3.63) is 12.2 Å². The van der Waals surface area contributed by atoms with Gasteiger partial charge in [0.1, 0.15) is 0 Å². The standard InChI is InChI=1S/C24H42O4.2C2H6/c1-18-17-21(25)20(11-7-5-6-8-14-23(26)28-4)19(18)12-9-13-22(27-3)24(2)15-10-16-24;2*1-2/h5,7,18-22,25H,6,8-17H2,1-4H3;2*1-2H3/b7-5-;;/t18-,19+,20-,21?,22?;;/m1../s1. The Morgan fingerprint density at radius 3 is 2.28 bits per heavy atom. The number of carbonyl (C=O) groups excluding carboxylic acids is 1. The van der Waals surface area contributed by atoms with Gasteiger partial charge in [-0.05, 0) is 74.5 Å². The lowest BCUT2D eigenvalue weighted by atomic mass is 9.65. The first-order valence-electron chi connectivity index (χ1n) is 13.3. The van der Waals surface area contributed by atoms with Crippen LogP contribution in [0.25, 0.3) is 0 Å². The molecule has 0 bridgehead atoms. The Hall–Kier alpha value is -0.870. The Morgan fingerprint density at radius 2 is 1.75 bits per heavy atom. The van der Waals surface area contributed by atoms with Crippen LogP contribution in [0.5, 0.6) is 0 Å². The Morgan fingerprint density at radius 1 is 1.09 bits per heavy atom. The second-order valence-electron chi connectivity index (χ2n) is 9.45. The van der Waals surface area contributed by atoms with E-state index in [1.54, 1.807) is 0 Å². The van der Waals surface area contributed by atoms with Gasteiger partial charge in [-0.1, -0.05) is 66.5 Å². The summed E-state index contributed by atoms with van der Waals surface area (Å²) in [5.41, 5.74) is 0.391. The van der Waals surface area contributed by atoms with Crippen molar-refractivity contribution in [3.8, 4) is 0 Å². The topological polar surface area (TPSA) is 55.8 Å². The number of ether oxygens (including phenoxy) is 2. The molecule has 0 aromatic carbocycles. The average Bonchev–Trinajstić information content (AvgIpc) is 3.06. The number of hydrogen-bond acceptors (Lipinski definition) is 4. The van der Waals surface area contributed by atoms with Crippen LogP contribution >= 0.6 is 0 Å². The lowest BCUT2D eigenvalue weighted by Crippen LogP contribution is -2.39. The zero-order valence-corrected chi connectivity index (χ0v) is 22.5. The Kier molecular flexibility index (Phi) is 17.1. The van der Waals surface area contributed by atoms with E-state index < -0.39 is 0 Å². The molecule has 32 heavy (non-hydrogen) atoms. The molecule has 1 N–H and O–H groups in total. The number of hydrogen-bond donors (Lipinski definition) is 1. The van der Waals surface area contributed by atoms with E-state index in [0.29, 0.717) is 35.7 Å². The molecular weight excluding hydrogens is 400 g/mol. The lowest BCUT2D eigenvalue weighted by molar-refractivity contribution is -0.140. The van der Waals surface area contributed by atoms with Crippen LogP contribution < -0.4 is 0 Å². The molecule has 2 aliphatic carbocycles. The zero-order valence-electron chi connectivity index (χ0n) is 22.5. The molecule has 0 aliphatic heterocycles. The van der Waals surface area contributed by atoms with E-state index in [4.69, 9.17) is 4.74 Å². The highest BCUT2D eigenvalue weighted by molar-refractivity contribution is 5.69. The first-order chi connectivity index (χ1) is 15.4. The number of unbranched alkanes of at least 4 members (excludes halogenated alkanes) is 1. The number of allylic oxidation sites excluding steroid dienone is 2. The molecule has 4 heteroatoms. The van der Waals surface area contributed by atoms with Gasteiger partial charge < -0.3 is 14.6 Å². The van der Waals surface area contributed by atoms with Crippen LogP contribution in [-0.4, -0.2) is 37.5 Å². The fourth-order valence-electron chi connectivity index (χ4n) is 5.45. The van der Waals surface area contributed by atoms with Gasteiger partial charge in [0.15, 0.2) is 0 Å². The first kappa shape index (κ1) is 31.1. The minimum Gasteiger partial charge on any atom is -0.469 e. The van der Waals surface area contributed by atoms with Gasteiger partial charge in [0.2, 0.25) is 0 Å². The van der Waals surface area contributed by atoms with Crippen molar-refractivity contribution in [1.29, 1.82) is 0 Å². The van der Waals surface area contributed by atoms with Gasteiger partial charge >= 0.3 is 5.97 Å². The quantitative estimate of drug-likeness (QED) is 0.190. The summed E-state index contributed by atoms with van der Waals surface area (Å²) < 4.78 is 10.5. The van der Waals surface area contributed by atoms with Gasteiger partial charge in [-0.25, -0.2) is 0 Å². The predicted octanol–water partition coefficient (Wildman–Crippen LogP) is 7.34. The first-order valence-corrected chi connectivity index (χ1v) is 13.3. The molecule has 0 aromatic rings. The highest BCUT2D eigenvalue weighted by Crippen LogP contribution is 2.47. The van der Waals surface area contributed by atoms with Crippen molar-refractivity contribution < 1.29 is 19.4 Å². The second-order valence-corrected chi connectivity index (χ2v) is 9.45. The molecule has 0 saturated heterocycles. The van der Waals surface area contributed by atoms with Gasteiger partial charge in [0.25, 0.3) is 0 Å². The highest BCUT2D eigenvalue weighted by Gasteiger charge is 2.41. The van der Waals surface area contributed by atoms with Crippen molar-refractivity contribution in [3.63, 3.8) is 0 Å². The molecule has 0 heterocycles. The highest BCUT2D eigenvalue weighted by atomic mass is 16.5. The van der Waals surface area contributed by atoms with Crippen LogP contribution in [0.1, 0.15) is 112 Å². The summed E-state index contributed by atoms with van der Waals surface area (Å²) in [7, 11) is 3.30. The zero-order chi connectivity index (χ0) is 24.6. The van der Waals surface area contributed by atoms with E-state index in [9.17, 15) is 9.90 Å². The predicted molar refractivity (Wildman–Crippen MR) is 136 cm³/mol. The molecule has 5 atom stereocenters. The SMILES string of the molecule is CC.CC.COC(=O)CCC/C=C\C[C@H]1C(O)C[C@@H](C)[C@@H]1CCCC(OC)C1(C)CCC1. The molecule has 2 unspecified atom stereocenters. The minimum absolute atomic E-state index is 0.140. The Balaban J connectivity index is 0.00000227. The maximum atomic E-state index is 11.1. The fourth-order valence-corrected chi connectivity index (χ4v) is 5.45. The molecule has 2 aliphatic rings. The van der Waals surface area contributed by atoms with Crippen LogP contribution in [0, 0.1) is 23.2 Å². The number of carbonyl (C=O) groups is 1. The van der Waals surface area contributed by atoms with Gasteiger partial charge in [-0.15, -0.1) is 0 Å². The molecule has 4 nitrogen and oxygen atoms in total. The molecule has 0 aromatic heterocycles. The van der Waals surface area contributed by atoms with Crippen molar-refractivity contribution in [2.24, 2.45) is 23.2 Å². The van der Waals surface area contributed by atoms with E-state index in [1.165, 1.54) is 39.2 Å². The van der Waals surface area contributed by atoms with Crippen LogP contribution in [0.4, 0.5) is 0 Å². The van der Waals surface area contributed by atoms with E-state index in [2.05, 4.69) is 30.7 Å². The van der Waals surface area contributed by atoms with Crippen LogP contribution in [0.2, 0.25) is 0 Å². The number of aliphatic hydroxyl groups excluding tert-OH is 1. The monoisotopic (exact) mass is 454 g/mol. The maximum absolute atomic E-state index is 11.1. The van der Waals surface area contributed by atoms with Crippen molar-refractivity contribution in [2.45, 2.75) is 124 Å².